The lowest BCUT2D eigenvalue weighted by Crippen LogP contribution is -2.65. The van der Waals surface area contributed by atoms with Crippen LogP contribution in [-0.2, 0) is 19.1 Å². The van der Waals surface area contributed by atoms with E-state index in [0.29, 0.717) is 5.92 Å². The molecule has 258 valence electrons. The molecule has 0 aliphatic carbocycles. The summed E-state index contributed by atoms with van der Waals surface area (Å²) in [5, 5.41) is 24.6. The molecule has 0 spiro atoms. The Labute approximate surface area is 277 Å². The zero-order valence-corrected chi connectivity index (χ0v) is 29.8. The second-order valence-corrected chi connectivity index (χ2v) is 14.8. The Kier molecular flexibility index (Phi) is 19.9. The Morgan fingerprint density at radius 3 is 2.05 bits per heavy atom. The molecule has 0 unspecified atom stereocenters. The first-order chi connectivity index (χ1) is 21.1. The van der Waals surface area contributed by atoms with Crippen LogP contribution in [0.5, 0.6) is 0 Å². The number of alkyl halides is 1. The van der Waals surface area contributed by atoms with E-state index < -0.39 is 47.2 Å². The summed E-state index contributed by atoms with van der Waals surface area (Å²) >= 11 is 7.82. The second-order valence-electron chi connectivity index (χ2n) is 13.2. The summed E-state index contributed by atoms with van der Waals surface area (Å²) in [5.74, 6) is -0.0742. The number of nitrogens with one attached hydrogen (secondary N) is 1. The van der Waals surface area contributed by atoms with Crippen LogP contribution in [0.2, 0.25) is 0 Å². The summed E-state index contributed by atoms with van der Waals surface area (Å²) in [5.41, 5.74) is -0.702. The van der Waals surface area contributed by atoms with Gasteiger partial charge in [-0.1, -0.05) is 97.3 Å². The van der Waals surface area contributed by atoms with Gasteiger partial charge in [0.25, 0.3) is 0 Å². The Balaban J connectivity index is 1.76. The van der Waals surface area contributed by atoms with Crippen LogP contribution in [0.15, 0.2) is 0 Å². The number of likely N-dealkylation sites (tertiary alicyclic amines) is 1. The van der Waals surface area contributed by atoms with Crippen molar-refractivity contribution in [1.82, 2.24) is 10.2 Å². The third-order valence-electron chi connectivity index (χ3n) is 9.36. The van der Waals surface area contributed by atoms with E-state index in [1.54, 1.807) is 13.2 Å². The molecule has 2 rings (SSSR count). The fourth-order valence-electron chi connectivity index (χ4n) is 6.72. The number of halogens is 1. The van der Waals surface area contributed by atoms with Crippen LogP contribution in [0.4, 0.5) is 0 Å². The summed E-state index contributed by atoms with van der Waals surface area (Å²) in [7, 11) is 1.95. The highest BCUT2D eigenvalue weighted by molar-refractivity contribution is 7.99. The minimum Gasteiger partial charge on any atom is -0.456 e. The van der Waals surface area contributed by atoms with Gasteiger partial charge in [0.2, 0.25) is 5.91 Å². The Hall–Kier alpha value is -0.580. The van der Waals surface area contributed by atoms with Crippen LogP contribution < -0.4 is 5.32 Å². The third kappa shape index (κ3) is 13.3. The number of aliphatic hydroxyl groups is 2. The molecule has 0 aromatic rings. The molecular formula is C34H63ClN2O6S. The smallest absolute Gasteiger partial charge is 0.306 e. The quantitative estimate of drug-likeness (QED) is 0.0693. The van der Waals surface area contributed by atoms with E-state index in [-0.39, 0.29) is 18.4 Å². The summed E-state index contributed by atoms with van der Waals surface area (Å²) in [4.78, 5) is 28.0. The van der Waals surface area contributed by atoms with Crippen molar-refractivity contribution in [3.05, 3.63) is 0 Å². The maximum atomic E-state index is 13.3. The number of hydrogen-bond donors (Lipinski definition) is 3. The fourth-order valence-corrected chi connectivity index (χ4v) is 7.65. The minimum atomic E-state index is -1.38. The number of nitrogens with zero attached hydrogens (tertiary/aromatic N) is 1. The number of amides is 1. The van der Waals surface area contributed by atoms with Crippen molar-refractivity contribution in [1.29, 1.82) is 0 Å². The van der Waals surface area contributed by atoms with E-state index in [4.69, 9.17) is 21.1 Å². The molecule has 0 saturated carbocycles. The summed E-state index contributed by atoms with van der Waals surface area (Å²) in [6, 6.07) is -1.00. The second kappa shape index (κ2) is 22.1. The van der Waals surface area contributed by atoms with Gasteiger partial charge < -0.3 is 25.0 Å². The average Bonchev–Trinajstić information content (AvgIpc) is 3.36. The first-order valence-corrected chi connectivity index (χ1v) is 19.2. The summed E-state index contributed by atoms with van der Waals surface area (Å²) in [6.45, 7) is 7.01. The van der Waals surface area contributed by atoms with Gasteiger partial charge in [-0.2, -0.15) is 0 Å². The highest BCUT2D eigenvalue weighted by Gasteiger charge is 2.50. The average molecular weight is 663 g/mol. The van der Waals surface area contributed by atoms with E-state index in [9.17, 15) is 19.8 Å². The zero-order valence-electron chi connectivity index (χ0n) is 28.2. The molecule has 0 aromatic heterocycles. The van der Waals surface area contributed by atoms with Crippen molar-refractivity contribution in [3.63, 3.8) is 0 Å². The molecule has 2 heterocycles. The highest BCUT2D eigenvalue weighted by atomic mass is 35.5. The molecule has 1 amide bonds. The predicted molar refractivity (Wildman–Crippen MR) is 181 cm³/mol. The lowest BCUT2D eigenvalue weighted by atomic mass is 9.92. The summed E-state index contributed by atoms with van der Waals surface area (Å²) < 4.78 is 11.9. The molecule has 2 aliphatic heterocycles. The topological polar surface area (TPSA) is 108 Å². The van der Waals surface area contributed by atoms with Gasteiger partial charge in [-0.3, -0.25) is 14.5 Å². The van der Waals surface area contributed by atoms with Crippen LogP contribution >= 0.6 is 23.4 Å². The van der Waals surface area contributed by atoms with Gasteiger partial charge in [-0.25, -0.2) is 0 Å². The third-order valence-corrected chi connectivity index (χ3v) is 10.5. The van der Waals surface area contributed by atoms with Crippen molar-refractivity contribution >= 4 is 35.2 Å². The predicted octanol–water partition coefficient (Wildman–Crippen LogP) is 6.42. The summed E-state index contributed by atoms with van der Waals surface area (Å²) in [6.07, 6.45) is 16.3. The number of unbranched alkanes of at least 4 members (excludes halogenated alkanes) is 12. The fraction of sp³-hybridized carbons (Fsp3) is 0.941. The zero-order chi connectivity index (χ0) is 32.5. The molecule has 8 nitrogen and oxygen atoms in total. The molecule has 10 heteroatoms. The molecule has 2 aliphatic rings. The van der Waals surface area contributed by atoms with Crippen molar-refractivity contribution in [2.45, 2.75) is 177 Å². The number of carbonyl (C=O) groups excluding carboxylic acids is 2. The van der Waals surface area contributed by atoms with E-state index in [1.807, 2.05) is 7.05 Å². The number of aliphatic hydroxyl groups excluding tert-OH is 2. The first kappa shape index (κ1) is 39.6. The number of carbonyl (C=O) groups is 2. The standard InChI is InChI=1S/C34H63ClN2O6S/c1-6-8-9-10-11-12-13-14-15-16-17-18-19-21-27(38)42-32-30(40)29(39)31(43-34(32)44-5)28(24(3)35)36-33(41)26-22-25(20-7-2)23-37(26)4/h24-26,28-32,34,39-40H,6-23H2,1-5H3,(H,36,41)/t24-,25-,26+,28+,29-,30+,31-,32-,34-/m1/s1. The lowest BCUT2D eigenvalue weighted by Gasteiger charge is -2.45. The highest BCUT2D eigenvalue weighted by Crippen LogP contribution is 2.33. The minimum absolute atomic E-state index is 0.152. The van der Waals surface area contributed by atoms with Crippen LogP contribution in [0.25, 0.3) is 0 Å². The monoisotopic (exact) mass is 662 g/mol. The van der Waals surface area contributed by atoms with Gasteiger partial charge in [0.1, 0.15) is 23.7 Å². The number of hydrogen-bond acceptors (Lipinski definition) is 8. The molecule has 3 N–H and O–H groups in total. The number of rotatable bonds is 22. The Bertz CT molecular complexity index is 806. The first-order valence-electron chi connectivity index (χ1n) is 17.5. The maximum absolute atomic E-state index is 13.3. The van der Waals surface area contributed by atoms with Gasteiger partial charge >= 0.3 is 5.97 Å². The van der Waals surface area contributed by atoms with E-state index >= 15 is 0 Å². The molecule has 0 aromatic carbocycles. The molecule has 2 saturated heterocycles. The molecule has 44 heavy (non-hydrogen) atoms. The molecule has 0 radical (unpaired) electrons. The lowest BCUT2D eigenvalue weighted by molar-refractivity contribution is -0.218. The van der Waals surface area contributed by atoms with E-state index in [2.05, 4.69) is 24.1 Å². The van der Waals surface area contributed by atoms with Gasteiger partial charge in [0, 0.05) is 13.0 Å². The van der Waals surface area contributed by atoms with Crippen molar-refractivity contribution < 1.29 is 29.3 Å². The molecule has 0 bridgehead atoms. The van der Waals surface area contributed by atoms with E-state index in [1.165, 1.54) is 76.0 Å². The van der Waals surface area contributed by atoms with Crippen molar-refractivity contribution in [2.24, 2.45) is 5.92 Å². The molecular weight excluding hydrogens is 600 g/mol. The Morgan fingerprint density at radius 1 is 0.955 bits per heavy atom. The largest absolute Gasteiger partial charge is 0.456 e. The van der Waals surface area contributed by atoms with Crippen LogP contribution in [0, 0.1) is 5.92 Å². The number of esters is 1. The SMILES string of the molecule is CCCCCCCCCCCCCCCC(=O)O[C@@H]1[C@@H](O)[C@@H](O)[C@@H]([C@@H](NC(=O)[C@@H]2C[C@@H](CCC)CN2C)[C@@H](C)Cl)O[C@@H]1SC. The van der Waals surface area contributed by atoms with Crippen LogP contribution in [0.1, 0.15) is 130 Å². The van der Waals surface area contributed by atoms with Gasteiger partial charge in [0.05, 0.1) is 17.5 Å². The molecule has 9 atom stereocenters. The number of likely N-dealkylation sites (N-methyl/N-ethyl adjacent to an activating group) is 1. The van der Waals surface area contributed by atoms with Crippen LogP contribution in [-0.4, -0.2) is 94.2 Å². The number of ether oxygens (including phenoxy) is 2. The maximum Gasteiger partial charge on any atom is 0.306 e. The molecule has 2 fully saturated rings. The normalized spacial score (nSPS) is 29.0. The Morgan fingerprint density at radius 2 is 1.52 bits per heavy atom. The van der Waals surface area contributed by atoms with Crippen molar-refractivity contribution in [3.8, 4) is 0 Å². The van der Waals surface area contributed by atoms with Crippen LogP contribution in [0.3, 0.4) is 0 Å². The van der Waals surface area contributed by atoms with E-state index in [0.717, 1.165) is 45.1 Å². The van der Waals surface area contributed by atoms with Crippen molar-refractivity contribution in [2.75, 3.05) is 19.8 Å². The number of thioether (sulfide) groups is 1. The van der Waals surface area contributed by atoms with Gasteiger partial charge in [-0.05, 0) is 45.4 Å². The van der Waals surface area contributed by atoms with Gasteiger partial charge in [0.15, 0.2) is 6.10 Å². The van der Waals surface area contributed by atoms with Gasteiger partial charge in [-0.15, -0.1) is 23.4 Å².